The van der Waals surface area contributed by atoms with Crippen LogP contribution >= 0.6 is 11.3 Å². The lowest BCUT2D eigenvalue weighted by Gasteiger charge is -2.00. The van der Waals surface area contributed by atoms with Crippen LogP contribution < -0.4 is 5.43 Å². The highest BCUT2D eigenvalue weighted by Crippen LogP contribution is 2.25. The molecule has 3 rings (SSSR count). The van der Waals surface area contributed by atoms with Crippen molar-refractivity contribution in [3.05, 3.63) is 60.2 Å². The van der Waals surface area contributed by atoms with Crippen molar-refractivity contribution in [2.45, 2.75) is 6.92 Å². The molecule has 0 radical (unpaired) electrons. The fraction of sp³-hybridized carbons (Fsp3) is 0.0667. The Bertz CT molecular complexity index is 683. The molecule has 0 saturated heterocycles. The maximum atomic E-state index is 4.48. The van der Waals surface area contributed by atoms with Gasteiger partial charge in [-0.05, 0) is 24.6 Å². The van der Waals surface area contributed by atoms with Gasteiger partial charge in [0.05, 0.1) is 15.9 Å². The van der Waals surface area contributed by atoms with Gasteiger partial charge in [-0.15, -0.1) is 0 Å². The summed E-state index contributed by atoms with van der Waals surface area (Å²) in [5.41, 5.74) is 6.08. The summed E-state index contributed by atoms with van der Waals surface area (Å²) in [6.45, 7) is 1.98. The Balaban J connectivity index is 1.82. The summed E-state index contributed by atoms with van der Waals surface area (Å²) >= 11 is 1.61. The first-order chi connectivity index (χ1) is 9.33. The minimum atomic E-state index is 0.816. The molecule has 19 heavy (non-hydrogen) atoms. The van der Waals surface area contributed by atoms with Gasteiger partial charge in [0.25, 0.3) is 0 Å². The first-order valence-corrected chi connectivity index (χ1v) is 6.86. The topological polar surface area (TPSA) is 37.3 Å². The molecule has 1 N–H and O–H groups in total. The highest BCUT2D eigenvalue weighted by molar-refractivity contribution is 7.22. The Kier molecular flexibility index (Phi) is 3.25. The number of para-hydroxylation sites is 1. The minimum absolute atomic E-state index is 0.816. The molecule has 0 atom stereocenters. The molecule has 1 aromatic heterocycles. The fourth-order valence-corrected chi connectivity index (χ4v) is 2.60. The van der Waals surface area contributed by atoms with Gasteiger partial charge in [-0.25, -0.2) is 4.98 Å². The average molecular weight is 267 g/mol. The van der Waals surface area contributed by atoms with Crippen LogP contribution in [-0.4, -0.2) is 10.7 Å². The van der Waals surface area contributed by atoms with Gasteiger partial charge >= 0.3 is 0 Å². The van der Waals surface area contributed by atoms with Crippen LogP contribution in [0.2, 0.25) is 0 Å². The SMILES string of the molecule is C/C(=N/Nc1nc2ccccc2s1)c1ccccc1. The summed E-state index contributed by atoms with van der Waals surface area (Å²) in [5.74, 6) is 0. The Labute approximate surface area is 115 Å². The lowest BCUT2D eigenvalue weighted by Crippen LogP contribution is -1.98. The molecule has 0 saturated carbocycles. The molecule has 2 aromatic carbocycles. The first kappa shape index (κ1) is 11.9. The van der Waals surface area contributed by atoms with Gasteiger partial charge in [0.15, 0.2) is 0 Å². The van der Waals surface area contributed by atoms with Crippen molar-refractivity contribution >= 4 is 32.4 Å². The highest BCUT2D eigenvalue weighted by atomic mass is 32.1. The molecule has 1 heterocycles. The van der Waals surface area contributed by atoms with Gasteiger partial charge < -0.3 is 0 Å². The highest BCUT2D eigenvalue weighted by Gasteiger charge is 2.02. The predicted molar refractivity (Wildman–Crippen MR) is 81.9 cm³/mol. The summed E-state index contributed by atoms with van der Waals surface area (Å²) in [4.78, 5) is 4.48. The Hall–Kier alpha value is -2.20. The van der Waals surface area contributed by atoms with Crippen molar-refractivity contribution in [3.63, 3.8) is 0 Å². The summed E-state index contributed by atoms with van der Waals surface area (Å²) < 4.78 is 1.16. The quantitative estimate of drug-likeness (QED) is 0.572. The number of hydrazone groups is 1. The van der Waals surface area contributed by atoms with Crippen LogP contribution in [0.1, 0.15) is 12.5 Å². The van der Waals surface area contributed by atoms with Crippen molar-refractivity contribution in [3.8, 4) is 0 Å². The van der Waals surface area contributed by atoms with E-state index < -0.39 is 0 Å². The predicted octanol–water partition coefficient (Wildman–Crippen LogP) is 4.13. The van der Waals surface area contributed by atoms with Crippen molar-refractivity contribution in [1.29, 1.82) is 0 Å². The third-order valence-corrected chi connectivity index (χ3v) is 3.75. The van der Waals surface area contributed by atoms with E-state index in [9.17, 15) is 0 Å². The van der Waals surface area contributed by atoms with E-state index in [-0.39, 0.29) is 0 Å². The van der Waals surface area contributed by atoms with Gasteiger partial charge in [-0.2, -0.15) is 5.10 Å². The third kappa shape index (κ3) is 2.63. The largest absolute Gasteiger partial charge is 0.252 e. The Morgan fingerprint density at radius 1 is 1.05 bits per heavy atom. The molecule has 4 heteroatoms. The Morgan fingerprint density at radius 3 is 2.58 bits per heavy atom. The number of rotatable bonds is 3. The van der Waals surface area contributed by atoms with Crippen molar-refractivity contribution in [2.24, 2.45) is 5.10 Å². The van der Waals surface area contributed by atoms with Crippen molar-refractivity contribution in [2.75, 3.05) is 5.43 Å². The van der Waals surface area contributed by atoms with Crippen LogP contribution in [0, 0.1) is 0 Å². The second-order valence-electron chi connectivity index (χ2n) is 4.16. The van der Waals surface area contributed by atoms with E-state index in [1.54, 1.807) is 11.3 Å². The standard InChI is InChI=1S/C15H13N3S/c1-11(12-7-3-2-4-8-12)17-18-15-16-13-9-5-6-10-14(13)19-15/h2-10H,1H3,(H,16,18)/b17-11-. The van der Waals surface area contributed by atoms with Crippen LogP contribution in [0.3, 0.4) is 0 Å². The van der Waals surface area contributed by atoms with Crippen LogP contribution in [0.25, 0.3) is 10.2 Å². The summed E-state index contributed by atoms with van der Waals surface area (Å²) in [6, 6.07) is 18.2. The van der Waals surface area contributed by atoms with Gasteiger partial charge in [0.1, 0.15) is 0 Å². The second kappa shape index (κ2) is 5.20. The van der Waals surface area contributed by atoms with Crippen molar-refractivity contribution in [1.82, 2.24) is 4.98 Å². The third-order valence-electron chi connectivity index (χ3n) is 2.80. The molecule has 0 aliphatic heterocycles. The van der Waals surface area contributed by atoms with Gasteiger partial charge in [-0.3, -0.25) is 5.43 Å². The summed E-state index contributed by atoms with van der Waals surface area (Å²) in [7, 11) is 0. The zero-order chi connectivity index (χ0) is 13.1. The van der Waals surface area contributed by atoms with Crippen LogP contribution in [-0.2, 0) is 0 Å². The lowest BCUT2D eigenvalue weighted by molar-refractivity contribution is 1.29. The van der Waals surface area contributed by atoms with Crippen LogP contribution in [0.4, 0.5) is 5.13 Å². The van der Waals surface area contributed by atoms with E-state index in [4.69, 9.17) is 0 Å². The molecule has 94 valence electrons. The molecular weight excluding hydrogens is 254 g/mol. The molecule has 3 aromatic rings. The van der Waals surface area contributed by atoms with E-state index in [1.807, 2.05) is 55.5 Å². The molecule has 3 nitrogen and oxygen atoms in total. The van der Waals surface area contributed by atoms with Crippen LogP contribution in [0.5, 0.6) is 0 Å². The van der Waals surface area contributed by atoms with E-state index in [2.05, 4.69) is 21.6 Å². The van der Waals surface area contributed by atoms with E-state index in [0.29, 0.717) is 0 Å². The van der Waals surface area contributed by atoms with E-state index >= 15 is 0 Å². The van der Waals surface area contributed by atoms with E-state index in [1.165, 1.54) is 0 Å². The average Bonchev–Trinajstić information content (AvgIpc) is 2.88. The molecule has 0 spiro atoms. The number of anilines is 1. The number of aromatic nitrogens is 1. The van der Waals surface area contributed by atoms with Gasteiger partial charge in [0.2, 0.25) is 5.13 Å². The molecule has 0 bridgehead atoms. The summed E-state index contributed by atoms with van der Waals surface area (Å²) in [5, 5.41) is 5.19. The number of benzene rings is 2. The Morgan fingerprint density at radius 2 is 1.79 bits per heavy atom. The first-order valence-electron chi connectivity index (χ1n) is 6.04. The molecule has 0 fully saturated rings. The van der Waals surface area contributed by atoms with Crippen LogP contribution in [0.15, 0.2) is 59.7 Å². The molecule has 0 amide bonds. The smallest absolute Gasteiger partial charge is 0.204 e. The minimum Gasteiger partial charge on any atom is -0.252 e. The maximum Gasteiger partial charge on any atom is 0.204 e. The normalized spacial score (nSPS) is 11.7. The number of hydrogen-bond donors (Lipinski definition) is 1. The second-order valence-corrected chi connectivity index (χ2v) is 5.19. The number of thiazole rings is 1. The zero-order valence-corrected chi connectivity index (χ0v) is 11.3. The lowest BCUT2D eigenvalue weighted by atomic mass is 10.1. The fourth-order valence-electron chi connectivity index (χ4n) is 1.80. The van der Waals surface area contributed by atoms with Gasteiger partial charge in [0, 0.05) is 0 Å². The number of nitrogens with zero attached hydrogens (tertiary/aromatic N) is 2. The molecule has 0 aliphatic carbocycles. The van der Waals surface area contributed by atoms with E-state index in [0.717, 1.165) is 26.6 Å². The number of fused-ring (bicyclic) bond motifs is 1. The summed E-state index contributed by atoms with van der Waals surface area (Å²) in [6.07, 6.45) is 0. The monoisotopic (exact) mass is 267 g/mol. The molecular formula is C15H13N3S. The maximum absolute atomic E-state index is 4.48. The zero-order valence-electron chi connectivity index (χ0n) is 10.5. The van der Waals surface area contributed by atoms with Gasteiger partial charge in [-0.1, -0.05) is 53.8 Å². The number of nitrogens with one attached hydrogen (secondary N) is 1. The number of hydrogen-bond acceptors (Lipinski definition) is 4. The molecule has 0 aliphatic rings. The molecule has 0 unspecified atom stereocenters. The van der Waals surface area contributed by atoms with Crippen molar-refractivity contribution < 1.29 is 0 Å².